The Labute approximate surface area is 304 Å². The van der Waals surface area contributed by atoms with Crippen molar-refractivity contribution < 1.29 is 0 Å². The molecule has 0 aliphatic heterocycles. The lowest BCUT2D eigenvalue weighted by atomic mass is 9.74. The molecule has 4 rings (SSSR count). The minimum atomic E-state index is 0.507. The molecule has 0 saturated heterocycles. The van der Waals surface area contributed by atoms with Crippen LogP contribution < -0.4 is 0 Å². The molecule has 0 aromatic heterocycles. The molecule has 48 heavy (non-hydrogen) atoms. The molecule has 4 aliphatic carbocycles. The van der Waals surface area contributed by atoms with E-state index in [0.717, 1.165) is 47.8 Å². The third-order valence-corrected chi connectivity index (χ3v) is 11.9. The van der Waals surface area contributed by atoms with Crippen LogP contribution in [0.25, 0.3) is 0 Å². The second kappa shape index (κ2) is 24.3. The zero-order chi connectivity index (χ0) is 37.8. The van der Waals surface area contributed by atoms with Crippen LogP contribution >= 0.6 is 0 Å². The Morgan fingerprint density at radius 1 is 0.833 bits per heavy atom. The molecule has 7 atom stereocenters. The van der Waals surface area contributed by atoms with Gasteiger partial charge in [-0.2, -0.15) is 0 Å². The lowest BCUT2D eigenvalue weighted by Gasteiger charge is -2.31. The standard InChI is InChI=1S/C22H38.C8H14.C7H12.2C4H8.C3H6/c1-8-20-21(22(20,6)7)19(15(2)3)14-16(4)17(5)18-12-10-9-11-13-18;1-5-6-8(4)7(2)3;1-5-3-6-4-7(5,6)2;1-4(2)3;1-3-4-2;1-3-2/h17-21H,2,4,8-14H2,1,3,5-7H3;5,7H,1,4,6H2,2-3H3;5-6H,3-4H2,1-2H3;1H2,2-3H3;3H,1,4H2,2H3;3H,1H2,2H3. The number of hydrogen-bond donors (Lipinski definition) is 0. The molecule has 278 valence electrons. The van der Waals surface area contributed by atoms with Crippen LogP contribution in [0, 0.1) is 58.2 Å². The minimum Gasteiger partial charge on any atom is -0.103 e. The highest BCUT2D eigenvalue weighted by molar-refractivity contribution is 5.18. The highest BCUT2D eigenvalue weighted by Crippen LogP contribution is 2.70. The molecule has 0 spiro atoms. The van der Waals surface area contributed by atoms with Gasteiger partial charge in [0.05, 0.1) is 0 Å². The summed E-state index contributed by atoms with van der Waals surface area (Å²) in [6.07, 6.45) is 20.3. The van der Waals surface area contributed by atoms with E-state index in [1.54, 1.807) is 6.08 Å². The lowest BCUT2D eigenvalue weighted by Crippen LogP contribution is -2.21. The van der Waals surface area contributed by atoms with Gasteiger partial charge >= 0.3 is 0 Å². The first kappa shape index (κ1) is 48.3. The highest BCUT2D eigenvalue weighted by atomic mass is 14.7. The molecule has 4 aliphatic rings. The molecule has 0 bridgehead atoms. The average Bonchev–Trinajstić information content (AvgIpc) is 3.81. The zero-order valence-electron chi connectivity index (χ0n) is 35.1. The summed E-state index contributed by atoms with van der Waals surface area (Å²) in [4.78, 5) is 0. The van der Waals surface area contributed by atoms with E-state index < -0.39 is 0 Å². The normalized spacial score (nSPS) is 26.5. The maximum Gasteiger partial charge on any atom is -0.0135 e. The minimum absolute atomic E-state index is 0.507. The van der Waals surface area contributed by atoms with Gasteiger partial charge in [0.2, 0.25) is 0 Å². The molecule has 0 N–H and O–H groups in total. The Bertz CT molecular complexity index is 972. The fraction of sp³-hybridized carbons (Fsp3) is 0.708. The van der Waals surface area contributed by atoms with Gasteiger partial charge in [-0.05, 0) is 131 Å². The fourth-order valence-corrected chi connectivity index (χ4v) is 7.79. The van der Waals surface area contributed by atoms with Crippen LogP contribution in [0.1, 0.15) is 161 Å². The van der Waals surface area contributed by atoms with Crippen molar-refractivity contribution in [1.29, 1.82) is 0 Å². The highest BCUT2D eigenvalue weighted by Gasteiger charge is 2.62. The summed E-state index contributed by atoms with van der Waals surface area (Å²) in [5.41, 5.74) is 6.66. The molecule has 0 aromatic rings. The van der Waals surface area contributed by atoms with Gasteiger partial charge in [0.25, 0.3) is 0 Å². The first-order chi connectivity index (χ1) is 22.3. The Kier molecular flexibility index (Phi) is 24.5. The van der Waals surface area contributed by atoms with E-state index in [0.29, 0.717) is 23.2 Å². The monoisotopic (exact) mass is 663 g/mol. The largest absolute Gasteiger partial charge is 0.103 e. The first-order valence-corrected chi connectivity index (χ1v) is 19.7. The van der Waals surface area contributed by atoms with Crippen LogP contribution in [0.3, 0.4) is 0 Å². The van der Waals surface area contributed by atoms with Crippen molar-refractivity contribution >= 4 is 0 Å². The quantitative estimate of drug-likeness (QED) is 0.193. The number of allylic oxidation sites excluding steroid dienone is 7. The predicted octanol–water partition coefficient (Wildman–Crippen LogP) is 16.2. The van der Waals surface area contributed by atoms with Crippen LogP contribution in [0.4, 0.5) is 0 Å². The van der Waals surface area contributed by atoms with Crippen molar-refractivity contribution in [1.82, 2.24) is 0 Å². The smallest absolute Gasteiger partial charge is 0.0135 e. The van der Waals surface area contributed by atoms with Gasteiger partial charge < -0.3 is 0 Å². The van der Waals surface area contributed by atoms with Crippen molar-refractivity contribution in [2.24, 2.45) is 58.2 Å². The van der Waals surface area contributed by atoms with Crippen LogP contribution in [0.15, 0.2) is 86.6 Å². The second-order valence-electron chi connectivity index (χ2n) is 17.0. The van der Waals surface area contributed by atoms with Gasteiger partial charge in [0.15, 0.2) is 0 Å². The summed E-state index contributed by atoms with van der Waals surface area (Å²) in [5, 5.41) is 0. The molecular formula is C48H86. The molecule has 0 radical (unpaired) electrons. The van der Waals surface area contributed by atoms with Gasteiger partial charge in [-0.15, -0.1) is 26.3 Å². The van der Waals surface area contributed by atoms with Crippen molar-refractivity contribution in [3.05, 3.63) is 86.6 Å². The molecule has 0 heteroatoms. The number of hydrogen-bond acceptors (Lipinski definition) is 0. The topological polar surface area (TPSA) is 0 Å². The Hall–Kier alpha value is -1.82. The Morgan fingerprint density at radius 2 is 1.31 bits per heavy atom. The molecule has 4 fully saturated rings. The van der Waals surface area contributed by atoms with Crippen molar-refractivity contribution in [2.45, 2.75) is 161 Å². The van der Waals surface area contributed by atoms with E-state index in [1.165, 1.54) is 80.1 Å². The number of fused-ring (bicyclic) bond motifs is 1. The summed E-state index contributed by atoms with van der Waals surface area (Å²) in [5.74, 6) is 6.76. The second-order valence-corrected chi connectivity index (χ2v) is 17.0. The Balaban J connectivity index is 0. The van der Waals surface area contributed by atoms with Crippen LogP contribution in [0.5, 0.6) is 0 Å². The Morgan fingerprint density at radius 3 is 1.54 bits per heavy atom. The van der Waals surface area contributed by atoms with E-state index in [4.69, 9.17) is 0 Å². The molecule has 0 heterocycles. The van der Waals surface area contributed by atoms with E-state index in [9.17, 15) is 0 Å². The summed E-state index contributed by atoms with van der Waals surface area (Å²) in [6.45, 7) is 55.7. The predicted molar refractivity (Wildman–Crippen MR) is 224 cm³/mol. The summed E-state index contributed by atoms with van der Waals surface area (Å²) in [6, 6.07) is 0. The zero-order valence-corrected chi connectivity index (χ0v) is 35.1. The first-order valence-electron chi connectivity index (χ1n) is 19.7. The van der Waals surface area contributed by atoms with Crippen LogP contribution in [0.2, 0.25) is 0 Å². The molecular weight excluding hydrogens is 577 g/mol. The molecule has 0 nitrogen and oxygen atoms in total. The molecule has 7 unspecified atom stereocenters. The van der Waals surface area contributed by atoms with Gasteiger partial charge in [0, 0.05) is 0 Å². The van der Waals surface area contributed by atoms with E-state index in [-0.39, 0.29) is 0 Å². The van der Waals surface area contributed by atoms with Crippen molar-refractivity contribution in [3.8, 4) is 0 Å². The SMILES string of the molecule is C=C(C)C.C=C(CC(C(=C)C)C1C(CC)C1(C)C)C(C)C1CCCCC1.C=CC.C=CCC.C=CCC(=C)C(C)C.CC1CC2CC12C. The summed E-state index contributed by atoms with van der Waals surface area (Å²) < 4.78 is 0. The maximum absolute atomic E-state index is 4.52. The summed E-state index contributed by atoms with van der Waals surface area (Å²) >= 11 is 0. The average molecular weight is 663 g/mol. The van der Waals surface area contributed by atoms with Crippen molar-refractivity contribution in [2.75, 3.05) is 0 Å². The van der Waals surface area contributed by atoms with Gasteiger partial charge in [0.1, 0.15) is 0 Å². The van der Waals surface area contributed by atoms with Gasteiger partial charge in [-0.1, -0.05) is 148 Å². The third kappa shape index (κ3) is 17.2. The van der Waals surface area contributed by atoms with Crippen LogP contribution in [-0.4, -0.2) is 0 Å². The number of rotatable bonds is 11. The maximum atomic E-state index is 4.52. The lowest BCUT2D eigenvalue weighted by molar-refractivity contribution is 0.200. The van der Waals surface area contributed by atoms with E-state index in [2.05, 4.69) is 115 Å². The van der Waals surface area contributed by atoms with Gasteiger partial charge in [-0.25, -0.2) is 0 Å². The van der Waals surface area contributed by atoms with Crippen molar-refractivity contribution in [3.63, 3.8) is 0 Å². The van der Waals surface area contributed by atoms with E-state index in [1.807, 2.05) is 32.9 Å². The fourth-order valence-electron chi connectivity index (χ4n) is 7.79. The van der Waals surface area contributed by atoms with Gasteiger partial charge in [-0.3, -0.25) is 0 Å². The molecule has 0 aromatic carbocycles. The summed E-state index contributed by atoms with van der Waals surface area (Å²) in [7, 11) is 0. The van der Waals surface area contributed by atoms with Crippen LogP contribution in [-0.2, 0) is 0 Å². The third-order valence-electron chi connectivity index (χ3n) is 11.9. The molecule has 0 amide bonds. The van der Waals surface area contributed by atoms with E-state index >= 15 is 0 Å². The molecule has 4 saturated carbocycles.